The maximum absolute atomic E-state index is 12.6. The van der Waals surface area contributed by atoms with E-state index >= 15 is 0 Å². The molecule has 0 radical (unpaired) electrons. The number of pyridine rings is 1. The summed E-state index contributed by atoms with van der Waals surface area (Å²) in [6, 6.07) is 2.95. The third-order valence-corrected chi connectivity index (χ3v) is 7.54. The van der Waals surface area contributed by atoms with Crippen LogP contribution in [0.4, 0.5) is 0 Å². The van der Waals surface area contributed by atoms with Crippen LogP contribution in [-0.2, 0) is 14.6 Å². The number of carbonyl (C=O) groups excluding carboxylic acids is 2. The highest BCUT2D eigenvalue weighted by Crippen LogP contribution is 2.34. The van der Waals surface area contributed by atoms with Crippen molar-refractivity contribution in [2.45, 2.75) is 25.1 Å². The molecular weight excluding hydrogens is 368 g/mol. The van der Waals surface area contributed by atoms with Crippen LogP contribution in [0, 0.1) is 19.8 Å². The highest BCUT2D eigenvalue weighted by Gasteiger charge is 2.52. The van der Waals surface area contributed by atoms with Crippen molar-refractivity contribution in [2.75, 3.05) is 39.5 Å². The minimum absolute atomic E-state index is 0.0490. The zero-order valence-corrected chi connectivity index (χ0v) is 16.9. The molecule has 0 bridgehead atoms. The van der Waals surface area contributed by atoms with E-state index in [0.29, 0.717) is 18.7 Å². The first-order valence-electron chi connectivity index (χ1n) is 8.97. The fraction of sp³-hybridized carbons (Fsp3) is 0.611. The van der Waals surface area contributed by atoms with Gasteiger partial charge in [0, 0.05) is 56.1 Å². The average molecular weight is 394 g/mol. The zero-order valence-electron chi connectivity index (χ0n) is 16.1. The van der Waals surface area contributed by atoms with Crippen molar-refractivity contribution in [3.05, 3.63) is 29.1 Å². The minimum Gasteiger partial charge on any atom is -0.348 e. The van der Waals surface area contributed by atoms with Gasteiger partial charge in [-0.3, -0.25) is 19.5 Å². The summed E-state index contributed by atoms with van der Waals surface area (Å²) in [5, 5.41) is 2.38. The van der Waals surface area contributed by atoms with Crippen LogP contribution >= 0.6 is 0 Å². The van der Waals surface area contributed by atoms with Crippen LogP contribution < -0.4 is 5.32 Å². The van der Waals surface area contributed by atoms with Gasteiger partial charge in [0.1, 0.15) is 0 Å². The van der Waals surface area contributed by atoms with Crippen molar-refractivity contribution in [1.29, 1.82) is 0 Å². The van der Waals surface area contributed by atoms with E-state index in [-0.39, 0.29) is 30.0 Å². The molecule has 3 heterocycles. The first-order chi connectivity index (χ1) is 12.6. The Morgan fingerprint density at radius 3 is 2.44 bits per heavy atom. The Hall–Kier alpha value is -2.00. The Labute approximate surface area is 159 Å². The fourth-order valence-corrected chi connectivity index (χ4v) is 6.30. The van der Waals surface area contributed by atoms with Gasteiger partial charge in [0.2, 0.25) is 5.91 Å². The molecule has 1 aromatic heterocycles. The topological polar surface area (TPSA) is 99.7 Å². The molecule has 3 atom stereocenters. The van der Waals surface area contributed by atoms with E-state index in [1.54, 1.807) is 26.2 Å². The van der Waals surface area contributed by atoms with Crippen molar-refractivity contribution in [1.82, 2.24) is 20.1 Å². The third-order valence-electron chi connectivity index (χ3n) is 5.29. The van der Waals surface area contributed by atoms with E-state index in [1.165, 1.54) is 4.90 Å². The molecule has 9 heteroatoms. The number of hydrogen-bond donors (Lipinski definition) is 1. The smallest absolute Gasteiger partial charge is 0.251 e. The highest BCUT2D eigenvalue weighted by atomic mass is 32.2. The van der Waals surface area contributed by atoms with Crippen molar-refractivity contribution in [3.63, 3.8) is 0 Å². The van der Waals surface area contributed by atoms with Gasteiger partial charge in [-0.05, 0) is 26.0 Å². The monoisotopic (exact) mass is 394 g/mol. The molecule has 0 aliphatic carbocycles. The lowest BCUT2D eigenvalue weighted by Crippen LogP contribution is -2.43. The summed E-state index contributed by atoms with van der Waals surface area (Å²) in [5.74, 6) is -0.590. The van der Waals surface area contributed by atoms with Crippen molar-refractivity contribution in [2.24, 2.45) is 5.92 Å². The molecule has 148 valence electrons. The quantitative estimate of drug-likeness (QED) is 0.747. The molecule has 2 fully saturated rings. The summed E-state index contributed by atoms with van der Waals surface area (Å²) in [4.78, 5) is 32.2. The van der Waals surface area contributed by atoms with Crippen LogP contribution in [-0.4, -0.2) is 85.8 Å². The number of amides is 2. The van der Waals surface area contributed by atoms with Crippen LogP contribution in [0.1, 0.15) is 21.7 Å². The highest BCUT2D eigenvalue weighted by molar-refractivity contribution is 7.92. The first-order valence-corrected chi connectivity index (χ1v) is 10.7. The number of aromatic nitrogens is 1. The van der Waals surface area contributed by atoms with Gasteiger partial charge in [-0.1, -0.05) is 0 Å². The molecule has 1 aromatic rings. The molecule has 0 unspecified atom stereocenters. The SMILES string of the molecule is Cc1cc(C(=O)N[C@@H]2CS(=O)(=O)[C@H]3CN(CC(=O)N(C)C)C[C@@H]23)cc(C)n1. The van der Waals surface area contributed by atoms with Crippen molar-refractivity contribution in [3.8, 4) is 0 Å². The molecule has 0 saturated carbocycles. The number of likely N-dealkylation sites (N-methyl/N-ethyl adjacent to an activating group) is 1. The lowest BCUT2D eigenvalue weighted by atomic mass is 10.00. The van der Waals surface area contributed by atoms with Crippen molar-refractivity contribution < 1.29 is 18.0 Å². The van der Waals surface area contributed by atoms with Crippen LogP contribution in [0.25, 0.3) is 0 Å². The Morgan fingerprint density at radius 2 is 1.85 bits per heavy atom. The van der Waals surface area contributed by atoms with Crippen LogP contribution in [0.3, 0.4) is 0 Å². The van der Waals surface area contributed by atoms with Gasteiger partial charge in [-0.25, -0.2) is 8.42 Å². The summed E-state index contributed by atoms with van der Waals surface area (Å²) in [6.45, 7) is 4.65. The molecule has 27 heavy (non-hydrogen) atoms. The van der Waals surface area contributed by atoms with Gasteiger partial charge in [0.15, 0.2) is 9.84 Å². The largest absolute Gasteiger partial charge is 0.348 e. The lowest BCUT2D eigenvalue weighted by molar-refractivity contribution is -0.129. The molecule has 8 nitrogen and oxygen atoms in total. The maximum atomic E-state index is 12.6. The molecule has 2 amide bonds. The minimum atomic E-state index is -3.30. The van der Waals surface area contributed by atoms with Crippen molar-refractivity contribution >= 4 is 21.7 Å². The van der Waals surface area contributed by atoms with E-state index in [0.717, 1.165) is 11.4 Å². The maximum Gasteiger partial charge on any atom is 0.251 e. The number of hydrogen-bond acceptors (Lipinski definition) is 6. The van der Waals surface area contributed by atoms with Gasteiger partial charge >= 0.3 is 0 Å². The number of fused-ring (bicyclic) bond motifs is 1. The summed E-state index contributed by atoms with van der Waals surface area (Å²) in [6.07, 6.45) is 0. The standard InChI is InChI=1S/C18H26N4O4S/c1-11-5-13(6-12(2)19-11)18(24)20-15-10-27(25,26)16-8-22(7-14(15)16)9-17(23)21(3)4/h5-6,14-16H,7-10H2,1-4H3,(H,20,24)/t14-,15+,16-/m0/s1. The van der Waals surface area contributed by atoms with E-state index in [9.17, 15) is 18.0 Å². The van der Waals surface area contributed by atoms with E-state index in [4.69, 9.17) is 0 Å². The molecule has 0 aromatic carbocycles. The van der Waals surface area contributed by atoms with E-state index in [2.05, 4.69) is 10.3 Å². The second-order valence-electron chi connectivity index (χ2n) is 7.73. The summed E-state index contributed by atoms with van der Waals surface area (Å²) in [5.41, 5.74) is 1.97. The molecular formula is C18H26N4O4S. The van der Waals surface area contributed by atoms with Gasteiger partial charge in [0.05, 0.1) is 17.5 Å². The second kappa shape index (κ2) is 7.20. The van der Waals surface area contributed by atoms with Crippen LogP contribution in [0.5, 0.6) is 0 Å². The molecule has 2 aliphatic heterocycles. The van der Waals surface area contributed by atoms with Gasteiger partial charge in [-0.2, -0.15) is 0 Å². The fourth-order valence-electron chi connectivity index (χ4n) is 3.97. The van der Waals surface area contributed by atoms with Gasteiger partial charge in [-0.15, -0.1) is 0 Å². The second-order valence-corrected chi connectivity index (χ2v) is 10.00. The predicted molar refractivity (Wildman–Crippen MR) is 101 cm³/mol. The van der Waals surface area contributed by atoms with Gasteiger partial charge in [0.25, 0.3) is 5.91 Å². The van der Waals surface area contributed by atoms with Crippen LogP contribution in [0.2, 0.25) is 0 Å². The summed E-state index contributed by atoms with van der Waals surface area (Å²) >= 11 is 0. The summed E-state index contributed by atoms with van der Waals surface area (Å²) < 4.78 is 25.1. The molecule has 2 aliphatic rings. The lowest BCUT2D eigenvalue weighted by Gasteiger charge is -2.22. The Kier molecular flexibility index (Phi) is 5.27. The number of sulfone groups is 1. The zero-order chi connectivity index (χ0) is 19.9. The first kappa shape index (κ1) is 19.8. The Balaban J connectivity index is 1.73. The number of likely N-dealkylation sites (tertiary alicyclic amines) is 1. The molecule has 0 spiro atoms. The van der Waals surface area contributed by atoms with E-state index < -0.39 is 21.1 Å². The van der Waals surface area contributed by atoms with Crippen LogP contribution in [0.15, 0.2) is 12.1 Å². The Bertz CT molecular complexity index is 848. The Morgan fingerprint density at radius 1 is 1.22 bits per heavy atom. The normalized spacial score (nSPS) is 26.6. The molecule has 3 rings (SSSR count). The number of rotatable bonds is 4. The third kappa shape index (κ3) is 4.14. The number of nitrogens with zero attached hydrogens (tertiary/aromatic N) is 3. The number of aryl methyl sites for hydroxylation is 2. The number of nitrogens with one attached hydrogen (secondary N) is 1. The average Bonchev–Trinajstić information content (AvgIpc) is 3.06. The van der Waals surface area contributed by atoms with E-state index in [1.807, 2.05) is 18.7 Å². The number of carbonyl (C=O) groups is 2. The molecule has 2 saturated heterocycles. The van der Waals surface area contributed by atoms with Gasteiger partial charge < -0.3 is 10.2 Å². The predicted octanol–water partition coefficient (Wildman–Crippen LogP) is -0.386. The molecule has 1 N–H and O–H groups in total. The summed E-state index contributed by atoms with van der Waals surface area (Å²) in [7, 11) is 0.0568.